The number of nitrogens with zero attached hydrogens (tertiary/aromatic N) is 2. The molecule has 0 saturated carbocycles. The minimum absolute atomic E-state index is 0.00104. The average Bonchev–Trinajstić information content (AvgIpc) is 2.63. The molecule has 5 heteroatoms. The van der Waals surface area contributed by atoms with E-state index in [9.17, 15) is 4.79 Å². The predicted molar refractivity (Wildman–Crippen MR) is 71.0 cm³/mol. The topological polar surface area (TPSA) is 45.5 Å². The SMILES string of the molecule is CCCCN(CCO)C(=O)c1cc(Br)cn1C. The Hall–Kier alpha value is -0.810. The van der Waals surface area contributed by atoms with Gasteiger partial charge in [-0.15, -0.1) is 0 Å². The van der Waals surface area contributed by atoms with Crippen LogP contribution in [0.4, 0.5) is 0 Å². The molecule has 0 aliphatic heterocycles. The first-order chi connectivity index (χ1) is 8.10. The number of halogens is 1. The highest BCUT2D eigenvalue weighted by Crippen LogP contribution is 2.15. The summed E-state index contributed by atoms with van der Waals surface area (Å²) in [6.07, 6.45) is 3.84. The summed E-state index contributed by atoms with van der Waals surface area (Å²) in [5.74, 6) is -0.0271. The minimum Gasteiger partial charge on any atom is -0.395 e. The summed E-state index contributed by atoms with van der Waals surface area (Å²) in [4.78, 5) is 13.9. The van der Waals surface area contributed by atoms with Crippen LogP contribution in [0.25, 0.3) is 0 Å². The van der Waals surface area contributed by atoms with Gasteiger partial charge in [-0.2, -0.15) is 0 Å². The van der Waals surface area contributed by atoms with Gasteiger partial charge in [-0.25, -0.2) is 0 Å². The van der Waals surface area contributed by atoms with Crippen LogP contribution in [0.3, 0.4) is 0 Å². The molecule has 0 bridgehead atoms. The number of unbranched alkanes of at least 4 members (excludes halogenated alkanes) is 1. The van der Waals surface area contributed by atoms with Gasteiger partial charge >= 0.3 is 0 Å². The van der Waals surface area contributed by atoms with Crippen LogP contribution in [0.2, 0.25) is 0 Å². The molecule has 0 aliphatic rings. The number of carbonyl (C=O) groups excluding carboxylic acids is 1. The standard InChI is InChI=1S/C12H19BrN2O2/c1-3-4-5-15(6-7-16)12(17)11-8-10(13)9-14(11)2/h8-9,16H,3-7H2,1-2H3. The quantitative estimate of drug-likeness (QED) is 0.874. The Balaban J connectivity index is 2.79. The Morgan fingerprint density at radius 3 is 2.71 bits per heavy atom. The Morgan fingerprint density at radius 2 is 2.24 bits per heavy atom. The molecule has 0 unspecified atom stereocenters. The Bertz CT molecular complexity index is 377. The van der Waals surface area contributed by atoms with Gasteiger partial charge in [0.1, 0.15) is 5.69 Å². The van der Waals surface area contributed by atoms with Crippen LogP contribution in [0.15, 0.2) is 16.7 Å². The number of hydrogen-bond acceptors (Lipinski definition) is 2. The lowest BCUT2D eigenvalue weighted by Crippen LogP contribution is -2.35. The average molecular weight is 303 g/mol. The summed E-state index contributed by atoms with van der Waals surface area (Å²) < 4.78 is 2.69. The molecule has 0 radical (unpaired) electrons. The number of hydrogen-bond donors (Lipinski definition) is 1. The van der Waals surface area contributed by atoms with Crippen molar-refractivity contribution in [3.63, 3.8) is 0 Å². The molecular formula is C12H19BrN2O2. The number of aromatic nitrogens is 1. The second-order valence-electron chi connectivity index (χ2n) is 4.02. The van der Waals surface area contributed by atoms with Gasteiger partial charge < -0.3 is 14.6 Å². The summed E-state index contributed by atoms with van der Waals surface area (Å²) in [6.45, 7) is 3.17. The second kappa shape index (κ2) is 6.81. The molecular weight excluding hydrogens is 284 g/mol. The highest BCUT2D eigenvalue weighted by atomic mass is 79.9. The molecule has 0 atom stereocenters. The lowest BCUT2D eigenvalue weighted by atomic mass is 10.3. The van der Waals surface area contributed by atoms with E-state index in [1.165, 1.54) is 0 Å². The van der Waals surface area contributed by atoms with Crippen molar-refractivity contribution >= 4 is 21.8 Å². The largest absolute Gasteiger partial charge is 0.395 e. The maximum Gasteiger partial charge on any atom is 0.270 e. The molecule has 0 aromatic carbocycles. The maximum absolute atomic E-state index is 12.2. The molecule has 1 amide bonds. The van der Waals surface area contributed by atoms with Gasteiger partial charge in [0.05, 0.1) is 6.61 Å². The molecule has 0 fully saturated rings. The number of carbonyl (C=O) groups is 1. The molecule has 0 spiro atoms. The highest BCUT2D eigenvalue weighted by Gasteiger charge is 2.18. The molecule has 1 aromatic heterocycles. The first-order valence-electron chi connectivity index (χ1n) is 5.82. The third kappa shape index (κ3) is 3.85. The van der Waals surface area contributed by atoms with E-state index in [1.807, 2.05) is 13.2 Å². The van der Waals surface area contributed by atoms with E-state index in [1.54, 1.807) is 15.5 Å². The summed E-state index contributed by atoms with van der Waals surface area (Å²) in [5, 5.41) is 9.00. The second-order valence-corrected chi connectivity index (χ2v) is 4.94. The van der Waals surface area contributed by atoms with Gasteiger partial charge in [0.15, 0.2) is 0 Å². The Morgan fingerprint density at radius 1 is 1.53 bits per heavy atom. The predicted octanol–water partition coefficient (Wildman–Crippen LogP) is 2.02. The Kier molecular flexibility index (Phi) is 5.71. The van der Waals surface area contributed by atoms with Gasteiger partial charge in [-0.1, -0.05) is 13.3 Å². The van der Waals surface area contributed by atoms with Crippen LogP contribution in [0, 0.1) is 0 Å². The maximum atomic E-state index is 12.2. The summed E-state index contributed by atoms with van der Waals surface area (Å²) in [6, 6.07) is 1.80. The van der Waals surface area contributed by atoms with Gasteiger partial charge in [-0.05, 0) is 28.4 Å². The van der Waals surface area contributed by atoms with Crippen LogP contribution < -0.4 is 0 Å². The van der Waals surface area contributed by atoms with Crippen molar-refractivity contribution in [1.29, 1.82) is 0 Å². The van der Waals surface area contributed by atoms with Crippen LogP contribution in [-0.4, -0.2) is 40.2 Å². The Labute approximate surface area is 110 Å². The normalized spacial score (nSPS) is 10.6. The van der Waals surface area contributed by atoms with Crippen molar-refractivity contribution in [2.75, 3.05) is 19.7 Å². The molecule has 1 aromatic rings. The minimum atomic E-state index is -0.0271. The van der Waals surface area contributed by atoms with Crippen molar-refractivity contribution in [2.24, 2.45) is 7.05 Å². The zero-order chi connectivity index (χ0) is 12.8. The van der Waals surface area contributed by atoms with Gasteiger partial charge in [0.2, 0.25) is 0 Å². The fourth-order valence-electron chi connectivity index (χ4n) is 1.68. The monoisotopic (exact) mass is 302 g/mol. The van der Waals surface area contributed by atoms with Crippen LogP contribution in [0.1, 0.15) is 30.3 Å². The van der Waals surface area contributed by atoms with Crippen molar-refractivity contribution in [2.45, 2.75) is 19.8 Å². The number of aliphatic hydroxyl groups is 1. The molecule has 0 aliphatic carbocycles. The van der Waals surface area contributed by atoms with E-state index < -0.39 is 0 Å². The van der Waals surface area contributed by atoms with Crippen LogP contribution in [-0.2, 0) is 7.05 Å². The van der Waals surface area contributed by atoms with Crippen molar-refractivity contribution in [1.82, 2.24) is 9.47 Å². The molecule has 1 heterocycles. The smallest absolute Gasteiger partial charge is 0.270 e. The lowest BCUT2D eigenvalue weighted by molar-refractivity contribution is 0.0710. The molecule has 4 nitrogen and oxygen atoms in total. The van der Waals surface area contributed by atoms with Gasteiger partial charge in [0, 0.05) is 30.8 Å². The number of amides is 1. The van der Waals surface area contributed by atoms with E-state index in [-0.39, 0.29) is 12.5 Å². The van der Waals surface area contributed by atoms with E-state index in [4.69, 9.17) is 5.11 Å². The van der Waals surface area contributed by atoms with Crippen molar-refractivity contribution < 1.29 is 9.90 Å². The zero-order valence-corrected chi connectivity index (χ0v) is 11.9. The van der Waals surface area contributed by atoms with Crippen molar-refractivity contribution in [3.05, 3.63) is 22.4 Å². The van der Waals surface area contributed by atoms with E-state index in [0.717, 1.165) is 17.3 Å². The number of rotatable bonds is 6. The fraction of sp³-hybridized carbons (Fsp3) is 0.583. The molecule has 17 heavy (non-hydrogen) atoms. The number of aliphatic hydroxyl groups excluding tert-OH is 1. The van der Waals surface area contributed by atoms with Crippen LogP contribution >= 0.6 is 15.9 Å². The van der Waals surface area contributed by atoms with E-state index in [0.29, 0.717) is 18.8 Å². The third-order valence-electron chi connectivity index (χ3n) is 2.63. The van der Waals surface area contributed by atoms with E-state index in [2.05, 4.69) is 22.9 Å². The summed E-state index contributed by atoms with van der Waals surface area (Å²) >= 11 is 3.35. The third-order valence-corrected chi connectivity index (χ3v) is 3.06. The van der Waals surface area contributed by atoms with Gasteiger partial charge in [0.25, 0.3) is 5.91 Å². The zero-order valence-electron chi connectivity index (χ0n) is 10.3. The first kappa shape index (κ1) is 14.3. The van der Waals surface area contributed by atoms with E-state index >= 15 is 0 Å². The summed E-state index contributed by atoms with van der Waals surface area (Å²) in [5.41, 5.74) is 0.640. The molecule has 0 saturated heterocycles. The molecule has 96 valence electrons. The summed E-state index contributed by atoms with van der Waals surface area (Å²) in [7, 11) is 1.84. The van der Waals surface area contributed by atoms with Crippen molar-refractivity contribution in [3.8, 4) is 0 Å². The number of aryl methyl sites for hydroxylation is 1. The van der Waals surface area contributed by atoms with Crippen LogP contribution in [0.5, 0.6) is 0 Å². The lowest BCUT2D eigenvalue weighted by Gasteiger charge is -2.21. The molecule has 1 N–H and O–H groups in total. The molecule has 1 rings (SSSR count). The van der Waals surface area contributed by atoms with Gasteiger partial charge in [-0.3, -0.25) is 4.79 Å². The fourth-order valence-corrected chi connectivity index (χ4v) is 2.21. The highest BCUT2D eigenvalue weighted by molar-refractivity contribution is 9.10. The first-order valence-corrected chi connectivity index (χ1v) is 6.61.